The van der Waals surface area contributed by atoms with E-state index in [2.05, 4.69) is 23.3 Å². The van der Waals surface area contributed by atoms with Crippen LogP contribution in [0.5, 0.6) is 0 Å². The Morgan fingerprint density at radius 3 is 3.10 bits per heavy atom. The number of pyridine rings is 1. The second kappa shape index (κ2) is 6.25. The Morgan fingerprint density at radius 1 is 1.45 bits per heavy atom. The molecule has 2 aromatic rings. The van der Waals surface area contributed by atoms with E-state index in [0.29, 0.717) is 6.04 Å². The molecule has 0 aliphatic heterocycles. The van der Waals surface area contributed by atoms with E-state index in [1.807, 2.05) is 23.6 Å². The Labute approximate surface area is 129 Å². The number of hydrogen-bond donors (Lipinski definition) is 1. The second-order valence-corrected chi connectivity index (χ2v) is 6.81. The Morgan fingerprint density at radius 2 is 2.35 bits per heavy atom. The molecule has 106 valence electrons. The van der Waals surface area contributed by atoms with Crippen molar-refractivity contribution in [3.05, 3.63) is 50.4 Å². The molecule has 0 fully saturated rings. The van der Waals surface area contributed by atoms with Gasteiger partial charge in [-0.3, -0.25) is 4.98 Å². The molecule has 1 atom stereocenters. The maximum atomic E-state index is 6.24. The van der Waals surface area contributed by atoms with Gasteiger partial charge in [-0.2, -0.15) is 0 Å². The van der Waals surface area contributed by atoms with Gasteiger partial charge in [0.15, 0.2) is 0 Å². The molecule has 2 aromatic heterocycles. The highest BCUT2D eigenvalue weighted by molar-refractivity contribution is 7.12. The van der Waals surface area contributed by atoms with E-state index in [9.17, 15) is 0 Å². The highest BCUT2D eigenvalue weighted by Gasteiger charge is 2.20. The van der Waals surface area contributed by atoms with Crippen LogP contribution in [0.15, 0.2) is 24.5 Å². The van der Waals surface area contributed by atoms with E-state index in [4.69, 9.17) is 11.6 Å². The van der Waals surface area contributed by atoms with Gasteiger partial charge in [0.2, 0.25) is 0 Å². The van der Waals surface area contributed by atoms with Gasteiger partial charge in [0, 0.05) is 28.2 Å². The topological polar surface area (TPSA) is 24.9 Å². The lowest BCUT2D eigenvalue weighted by molar-refractivity contribution is 0.557. The van der Waals surface area contributed by atoms with Crippen LogP contribution in [0.4, 0.5) is 0 Å². The molecule has 20 heavy (non-hydrogen) atoms. The van der Waals surface area contributed by atoms with Crippen LogP contribution in [0.2, 0.25) is 5.02 Å². The van der Waals surface area contributed by atoms with Crippen molar-refractivity contribution in [1.82, 2.24) is 10.3 Å². The van der Waals surface area contributed by atoms with Crippen LogP contribution in [-0.2, 0) is 19.3 Å². The molecule has 0 aromatic carbocycles. The fourth-order valence-electron chi connectivity index (χ4n) is 2.83. The molecule has 1 aliphatic carbocycles. The van der Waals surface area contributed by atoms with Gasteiger partial charge in [-0.05, 0) is 55.5 Å². The fourth-order valence-corrected chi connectivity index (χ4v) is 4.36. The zero-order valence-corrected chi connectivity index (χ0v) is 13.2. The quantitative estimate of drug-likeness (QED) is 0.896. The molecule has 0 saturated carbocycles. The van der Waals surface area contributed by atoms with Gasteiger partial charge in [-0.15, -0.1) is 11.3 Å². The number of likely N-dealkylation sites (N-methyl/N-ethyl adjacent to an activating group) is 1. The minimum absolute atomic E-state index is 0.357. The summed E-state index contributed by atoms with van der Waals surface area (Å²) < 4.78 is 0. The zero-order chi connectivity index (χ0) is 13.9. The van der Waals surface area contributed by atoms with E-state index in [1.165, 1.54) is 29.7 Å². The first-order chi connectivity index (χ1) is 9.78. The van der Waals surface area contributed by atoms with Crippen LogP contribution in [0.1, 0.15) is 40.3 Å². The molecule has 4 heteroatoms. The summed E-state index contributed by atoms with van der Waals surface area (Å²) in [5.41, 5.74) is 2.73. The Kier molecular flexibility index (Phi) is 4.39. The summed E-state index contributed by atoms with van der Waals surface area (Å²) in [5.74, 6) is 0. The van der Waals surface area contributed by atoms with Crippen LogP contribution < -0.4 is 5.32 Å². The van der Waals surface area contributed by atoms with Crippen molar-refractivity contribution in [2.75, 3.05) is 6.54 Å². The molecule has 0 bridgehead atoms. The highest BCUT2D eigenvalue weighted by atomic mass is 35.5. The zero-order valence-electron chi connectivity index (χ0n) is 11.7. The number of hydrogen-bond acceptors (Lipinski definition) is 3. The fraction of sp³-hybridized carbons (Fsp3) is 0.438. The monoisotopic (exact) mass is 306 g/mol. The van der Waals surface area contributed by atoms with Gasteiger partial charge in [0.05, 0.1) is 5.02 Å². The van der Waals surface area contributed by atoms with Crippen LogP contribution in [0, 0.1) is 0 Å². The molecule has 0 spiro atoms. The first-order valence-corrected chi connectivity index (χ1v) is 8.40. The lowest BCUT2D eigenvalue weighted by Gasteiger charge is -2.17. The first-order valence-electron chi connectivity index (χ1n) is 7.21. The predicted molar refractivity (Wildman–Crippen MR) is 85.7 cm³/mol. The molecular weight excluding hydrogens is 288 g/mol. The van der Waals surface area contributed by atoms with E-state index >= 15 is 0 Å². The molecule has 1 N–H and O–H groups in total. The summed E-state index contributed by atoms with van der Waals surface area (Å²) >= 11 is 8.22. The molecule has 2 heterocycles. The Bertz CT molecular complexity index is 572. The first kappa shape index (κ1) is 14.1. The van der Waals surface area contributed by atoms with E-state index in [0.717, 1.165) is 18.0 Å². The van der Waals surface area contributed by atoms with Crippen molar-refractivity contribution in [2.24, 2.45) is 0 Å². The summed E-state index contributed by atoms with van der Waals surface area (Å²) in [7, 11) is 0. The number of aryl methyl sites for hydroxylation is 2. The highest BCUT2D eigenvalue weighted by Crippen LogP contribution is 2.35. The van der Waals surface area contributed by atoms with Crippen molar-refractivity contribution < 1.29 is 0 Å². The van der Waals surface area contributed by atoms with Gasteiger partial charge in [-0.25, -0.2) is 0 Å². The van der Waals surface area contributed by atoms with Crippen molar-refractivity contribution in [1.29, 1.82) is 0 Å². The maximum absolute atomic E-state index is 6.24. The summed E-state index contributed by atoms with van der Waals surface area (Å²) in [5, 5.41) is 4.36. The van der Waals surface area contributed by atoms with Crippen molar-refractivity contribution in [2.45, 2.75) is 38.6 Å². The van der Waals surface area contributed by atoms with Crippen LogP contribution in [0.25, 0.3) is 0 Å². The number of nitrogens with one attached hydrogen (secondary N) is 1. The van der Waals surface area contributed by atoms with E-state index in [1.54, 1.807) is 16.6 Å². The van der Waals surface area contributed by atoms with Gasteiger partial charge in [0.1, 0.15) is 0 Å². The van der Waals surface area contributed by atoms with E-state index in [-0.39, 0.29) is 0 Å². The number of rotatable bonds is 5. The number of aromatic nitrogens is 1. The van der Waals surface area contributed by atoms with Gasteiger partial charge < -0.3 is 5.32 Å². The third kappa shape index (κ3) is 2.90. The van der Waals surface area contributed by atoms with Crippen LogP contribution in [0.3, 0.4) is 0 Å². The Balaban J connectivity index is 1.83. The lowest BCUT2D eigenvalue weighted by atomic mass is 10.0. The lowest BCUT2D eigenvalue weighted by Crippen LogP contribution is -2.22. The normalized spacial score (nSPS) is 15.3. The SMILES string of the molecule is CCNC(Cc1ccncc1Cl)c1cc2c(s1)CCC2. The number of nitrogens with zero attached hydrogens (tertiary/aromatic N) is 1. The molecule has 1 unspecified atom stereocenters. The van der Waals surface area contributed by atoms with Crippen molar-refractivity contribution in [3.8, 4) is 0 Å². The summed E-state index contributed by atoms with van der Waals surface area (Å²) in [6.45, 7) is 3.12. The standard InChI is InChI=1S/C16H19ClN2S/c1-2-19-14(8-11-6-7-18-10-13(11)17)16-9-12-4-3-5-15(12)20-16/h6-7,9-10,14,19H,2-5,8H2,1H3. The molecule has 3 rings (SSSR count). The smallest absolute Gasteiger partial charge is 0.0622 e. The summed E-state index contributed by atoms with van der Waals surface area (Å²) in [4.78, 5) is 7.10. The van der Waals surface area contributed by atoms with Gasteiger partial charge >= 0.3 is 0 Å². The van der Waals surface area contributed by atoms with Crippen molar-refractivity contribution >= 4 is 22.9 Å². The second-order valence-electron chi connectivity index (χ2n) is 5.23. The number of fused-ring (bicyclic) bond motifs is 1. The third-order valence-corrected chi connectivity index (χ3v) is 5.53. The summed E-state index contributed by atoms with van der Waals surface area (Å²) in [6.07, 6.45) is 8.31. The molecule has 1 aliphatic rings. The predicted octanol–water partition coefficient (Wildman–Crippen LogP) is 4.18. The van der Waals surface area contributed by atoms with Gasteiger partial charge in [-0.1, -0.05) is 18.5 Å². The van der Waals surface area contributed by atoms with Crippen LogP contribution in [-0.4, -0.2) is 11.5 Å². The van der Waals surface area contributed by atoms with E-state index < -0.39 is 0 Å². The van der Waals surface area contributed by atoms with Crippen molar-refractivity contribution in [3.63, 3.8) is 0 Å². The minimum atomic E-state index is 0.357. The van der Waals surface area contributed by atoms with Crippen LogP contribution >= 0.6 is 22.9 Å². The molecule has 0 saturated heterocycles. The molecule has 2 nitrogen and oxygen atoms in total. The molecule has 0 radical (unpaired) electrons. The maximum Gasteiger partial charge on any atom is 0.0622 e. The Hall–Kier alpha value is -0.900. The number of thiophene rings is 1. The average molecular weight is 307 g/mol. The number of halogens is 1. The largest absolute Gasteiger partial charge is 0.309 e. The molecule has 0 amide bonds. The molecular formula is C16H19ClN2S. The summed E-state index contributed by atoms with van der Waals surface area (Å²) in [6, 6.07) is 4.78. The minimum Gasteiger partial charge on any atom is -0.309 e. The third-order valence-electron chi connectivity index (χ3n) is 3.84. The average Bonchev–Trinajstić information content (AvgIpc) is 3.01. The van der Waals surface area contributed by atoms with Gasteiger partial charge in [0.25, 0.3) is 0 Å².